The number of amidine groups is 1. The molecule has 15 heavy (non-hydrogen) atoms. The van der Waals surface area contributed by atoms with Gasteiger partial charge in [0.1, 0.15) is 5.84 Å². The average Bonchev–Trinajstić information content (AvgIpc) is 2.14. The lowest BCUT2D eigenvalue weighted by Crippen LogP contribution is -2.35. The van der Waals surface area contributed by atoms with Gasteiger partial charge in [-0.05, 0) is 28.7 Å². The molecule has 0 bridgehead atoms. The van der Waals surface area contributed by atoms with E-state index in [2.05, 4.69) is 32.0 Å². The maximum absolute atomic E-state index is 11.5. The summed E-state index contributed by atoms with van der Waals surface area (Å²) >= 11 is 2.07. The molecule has 1 aromatic heterocycles. The third kappa shape index (κ3) is 1.67. The van der Waals surface area contributed by atoms with Crippen LogP contribution >= 0.6 is 22.6 Å². The van der Waals surface area contributed by atoms with Crippen LogP contribution in [0.2, 0.25) is 0 Å². The second-order valence-electron chi connectivity index (χ2n) is 2.95. The van der Waals surface area contributed by atoms with Gasteiger partial charge in [0.25, 0.3) is 0 Å². The molecule has 0 fully saturated rings. The lowest BCUT2D eigenvalue weighted by Gasteiger charge is -2.22. The molecule has 0 spiro atoms. The first-order valence-corrected chi connectivity index (χ1v) is 6.39. The fraction of sp³-hybridized carbons (Fsp3) is 0.143. The predicted octanol–water partition coefficient (Wildman–Crippen LogP) is 0.0861. The third-order valence-electron chi connectivity index (χ3n) is 1.97. The Hall–Kier alpha value is -0.900. The van der Waals surface area contributed by atoms with Crippen molar-refractivity contribution in [3.05, 3.63) is 21.4 Å². The Balaban J connectivity index is 2.75. The molecule has 6 nitrogen and oxygen atoms in total. The van der Waals surface area contributed by atoms with Crippen LogP contribution in [0.1, 0.15) is 5.56 Å². The van der Waals surface area contributed by atoms with Gasteiger partial charge >= 0.3 is 10.2 Å². The van der Waals surface area contributed by atoms with Gasteiger partial charge in [-0.25, -0.2) is 9.29 Å². The van der Waals surface area contributed by atoms with E-state index in [1.165, 1.54) is 7.05 Å². The van der Waals surface area contributed by atoms with Crippen molar-refractivity contribution < 1.29 is 8.42 Å². The highest BCUT2D eigenvalue weighted by molar-refractivity contribution is 14.1. The normalized spacial score (nSPS) is 18.3. The van der Waals surface area contributed by atoms with E-state index in [1.807, 2.05) is 0 Å². The summed E-state index contributed by atoms with van der Waals surface area (Å²) in [7, 11) is -2.31. The van der Waals surface area contributed by atoms with E-state index in [-0.39, 0.29) is 5.84 Å². The Bertz CT molecular complexity index is 554. The molecule has 0 unspecified atom stereocenters. The lowest BCUT2D eigenvalue weighted by atomic mass is 10.2. The van der Waals surface area contributed by atoms with E-state index in [0.717, 1.165) is 7.88 Å². The van der Waals surface area contributed by atoms with E-state index < -0.39 is 10.2 Å². The molecule has 0 saturated carbocycles. The van der Waals surface area contributed by atoms with E-state index >= 15 is 0 Å². The van der Waals surface area contributed by atoms with Crippen LogP contribution in [-0.2, 0) is 10.2 Å². The summed E-state index contributed by atoms with van der Waals surface area (Å²) in [6.07, 6.45) is 1.57. The van der Waals surface area contributed by atoms with E-state index in [4.69, 9.17) is 5.73 Å². The highest BCUT2D eigenvalue weighted by atomic mass is 127. The van der Waals surface area contributed by atoms with Crippen molar-refractivity contribution in [3.63, 3.8) is 0 Å². The SMILES string of the molecule is CN1c2ncc(I)cc2C(N)=NS1(=O)=O. The van der Waals surface area contributed by atoms with Crippen LogP contribution in [0.3, 0.4) is 0 Å². The van der Waals surface area contributed by atoms with Crippen molar-refractivity contribution >= 4 is 44.5 Å². The second kappa shape index (κ2) is 3.30. The smallest absolute Gasteiger partial charge is 0.347 e. The molecule has 0 radical (unpaired) electrons. The van der Waals surface area contributed by atoms with Crippen molar-refractivity contribution in [1.29, 1.82) is 0 Å². The molecule has 2 rings (SSSR count). The van der Waals surface area contributed by atoms with E-state index in [1.54, 1.807) is 12.3 Å². The number of hydrogen-bond donors (Lipinski definition) is 1. The molecule has 2 heterocycles. The number of nitrogens with zero attached hydrogens (tertiary/aromatic N) is 3. The molecule has 8 heteroatoms. The summed E-state index contributed by atoms with van der Waals surface area (Å²) < 4.78 is 28.2. The van der Waals surface area contributed by atoms with Gasteiger partial charge in [-0.3, -0.25) is 0 Å². The molecular weight excluding hydrogens is 331 g/mol. The third-order valence-corrected chi connectivity index (χ3v) is 3.85. The molecule has 1 aliphatic rings. The number of fused-ring (bicyclic) bond motifs is 1. The highest BCUT2D eigenvalue weighted by Gasteiger charge is 2.28. The van der Waals surface area contributed by atoms with Gasteiger partial charge in [0.2, 0.25) is 0 Å². The molecule has 80 valence electrons. The van der Waals surface area contributed by atoms with Crippen molar-refractivity contribution in [2.75, 3.05) is 11.4 Å². The summed E-state index contributed by atoms with van der Waals surface area (Å²) in [5, 5.41) is 0. The molecule has 0 saturated heterocycles. The molecule has 2 N–H and O–H groups in total. The molecular formula is C7H7IN4O2S. The largest absolute Gasteiger partial charge is 0.382 e. The molecule has 0 aliphatic carbocycles. The predicted molar refractivity (Wildman–Crippen MR) is 65.0 cm³/mol. The van der Waals surface area contributed by atoms with Gasteiger partial charge in [-0.15, -0.1) is 4.40 Å². The van der Waals surface area contributed by atoms with Gasteiger partial charge in [0.05, 0.1) is 5.56 Å². The molecule has 0 aromatic carbocycles. The molecule has 0 atom stereocenters. The Morgan fingerprint density at radius 2 is 2.20 bits per heavy atom. The van der Waals surface area contributed by atoms with Crippen molar-refractivity contribution in [3.8, 4) is 0 Å². The number of halogens is 1. The van der Waals surface area contributed by atoms with Gasteiger partial charge in [0, 0.05) is 16.8 Å². The number of rotatable bonds is 0. The van der Waals surface area contributed by atoms with Gasteiger partial charge < -0.3 is 5.73 Å². The van der Waals surface area contributed by atoms with Crippen LogP contribution in [-0.4, -0.2) is 26.3 Å². The monoisotopic (exact) mass is 338 g/mol. The lowest BCUT2D eigenvalue weighted by molar-refractivity contribution is 0.595. The number of anilines is 1. The zero-order chi connectivity index (χ0) is 11.2. The van der Waals surface area contributed by atoms with Crippen LogP contribution in [0.5, 0.6) is 0 Å². The first-order valence-electron chi connectivity index (χ1n) is 3.92. The quantitative estimate of drug-likeness (QED) is 0.679. The minimum Gasteiger partial charge on any atom is -0.382 e. The van der Waals surface area contributed by atoms with Gasteiger partial charge in [-0.1, -0.05) is 0 Å². The Kier molecular flexibility index (Phi) is 2.34. The number of nitrogens with two attached hydrogens (primary N) is 1. The van der Waals surface area contributed by atoms with Crippen molar-refractivity contribution in [2.24, 2.45) is 10.1 Å². The van der Waals surface area contributed by atoms with Crippen LogP contribution in [0.25, 0.3) is 0 Å². The fourth-order valence-corrected chi connectivity index (χ4v) is 2.50. The van der Waals surface area contributed by atoms with Crippen molar-refractivity contribution in [2.45, 2.75) is 0 Å². The van der Waals surface area contributed by atoms with Crippen LogP contribution in [0, 0.1) is 3.57 Å². The Labute approximate surface area is 101 Å². The first kappa shape index (κ1) is 10.6. The minimum absolute atomic E-state index is 0.0193. The number of pyridine rings is 1. The maximum atomic E-state index is 11.5. The number of aromatic nitrogens is 1. The number of hydrogen-bond acceptors (Lipinski definition) is 4. The zero-order valence-corrected chi connectivity index (χ0v) is 10.7. The van der Waals surface area contributed by atoms with Gasteiger partial charge in [-0.2, -0.15) is 8.42 Å². The van der Waals surface area contributed by atoms with E-state index in [9.17, 15) is 8.42 Å². The standard InChI is InChI=1S/C7H7IN4O2S/c1-12-7-5(2-4(8)3-10-7)6(9)11-15(12,13)14/h2-3H,1H3,(H2,9,11). The second-order valence-corrected chi connectivity index (χ2v) is 5.82. The Morgan fingerprint density at radius 1 is 1.53 bits per heavy atom. The molecule has 0 amide bonds. The summed E-state index contributed by atoms with van der Waals surface area (Å²) in [6, 6.07) is 1.74. The summed E-state index contributed by atoms with van der Waals surface area (Å²) in [4.78, 5) is 4.02. The zero-order valence-electron chi connectivity index (χ0n) is 7.68. The summed E-state index contributed by atoms with van der Waals surface area (Å²) in [5.41, 5.74) is 6.09. The van der Waals surface area contributed by atoms with Crippen LogP contribution in [0.4, 0.5) is 5.82 Å². The maximum Gasteiger partial charge on any atom is 0.347 e. The van der Waals surface area contributed by atoms with Crippen LogP contribution < -0.4 is 10.0 Å². The summed E-state index contributed by atoms with van der Waals surface area (Å²) in [5.74, 6) is 0.289. The van der Waals surface area contributed by atoms with Crippen molar-refractivity contribution in [1.82, 2.24) is 4.98 Å². The van der Waals surface area contributed by atoms with E-state index in [0.29, 0.717) is 11.4 Å². The molecule has 1 aliphatic heterocycles. The van der Waals surface area contributed by atoms with Crippen LogP contribution in [0.15, 0.2) is 16.7 Å². The Morgan fingerprint density at radius 3 is 2.87 bits per heavy atom. The minimum atomic E-state index is -3.71. The highest BCUT2D eigenvalue weighted by Crippen LogP contribution is 2.25. The topological polar surface area (TPSA) is 88.7 Å². The molecule has 1 aromatic rings. The first-order chi connectivity index (χ1) is 6.92. The fourth-order valence-electron chi connectivity index (χ4n) is 1.22. The average molecular weight is 338 g/mol. The summed E-state index contributed by atoms with van der Waals surface area (Å²) in [6.45, 7) is 0. The van der Waals surface area contributed by atoms with Gasteiger partial charge in [0.15, 0.2) is 5.82 Å².